The molecule has 0 bridgehead atoms. The van der Waals surface area contributed by atoms with Gasteiger partial charge in [0.25, 0.3) is 5.91 Å². The molecule has 3 fully saturated rings. The largest absolute Gasteiger partial charge is 0.388 e. The van der Waals surface area contributed by atoms with Gasteiger partial charge < -0.3 is 25.2 Å². The van der Waals surface area contributed by atoms with Crippen molar-refractivity contribution in [2.24, 2.45) is 10.9 Å². The van der Waals surface area contributed by atoms with Gasteiger partial charge in [-0.1, -0.05) is 42.1 Å². The van der Waals surface area contributed by atoms with Gasteiger partial charge in [-0.05, 0) is 37.7 Å². The predicted octanol–water partition coefficient (Wildman–Crippen LogP) is 0.995. The number of amidine groups is 1. The third-order valence-corrected chi connectivity index (χ3v) is 7.07. The van der Waals surface area contributed by atoms with Crippen LogP contribution in [0.25, 0.3) is 0 Å². The van der Waals surface area contributed by atoms with Crippen LogP contribution in [0.4, 0.5) is 0 Å². The average molecular weight is 420 g/mol. The van der Waals surface area contributed by atoms with Gasteiger partial charge in [-0.3, -0.25) is 9.79 Å². The van der Waals surface area contributed by atoms with Gasteiger partial charge in [0.2, 0.25) is 0 Å². The third kappa shape index (κ3) is 4.45. The maximum Gasteiger partial charge on any atom is 0.254 e. The first-order chi connectivity index (χ1) is 14.1. The van der Waals surface area contributed by atoms with Crippen LogP contribution in [0.15, 0.2) is 35.3 Å². The molecular weight excluding hydrogens is 390 g/mol. The molecule has 8 heteroatoms. The minimum Gasteiger partial charge on any atom is -0.388 e. The van der Waals surface area contributed by atoms with E-state index in [-0.39, 0.29) is 5.91 Å². The number of fused-ring (bicyclic) bond motifs is 1. The summed E-state index contributed by atoms with van der Waals surface area (Å²) < 4.78 is 5.93. The summed E-state index contributed by atoms with van der Waals surface area (Å²) in [5, 5.41) is 24.8. The summed E-state index contributed by atoms with van der Waals surface area (Å²) in [5.74, 6) is 0.325. The molecule has 3 saturated heterocycles. The normalized spacial score (nSPS) is 34.1. The first-order valence-corrected chi connectivity index (χ1v) is 11.3. The lowest BCUT2D eigenvalue weighted by molar-refractivity contribution is -0.182. The fourth-order valence-corrected chi connectivity index (χ4v) is 5.50. The molecule has 0 aromatic heterocycles. The van der Waals surface area contributed by atoms with E-state index in [4.69, 9.17) is 4.74 Å². The van der Waals surface area contributed by atoms with Gasteiger partial charge in [0.05, 0.1) is 6.04 Å². The molecule has 4 rings (SSSR count). The number of ether oxygens (including phenoxy) is 1. The second kappa shape index (κ2) is 9.04. The van der Waals surface area contributed by atoms with E-state index in [1.807, 2.05) is 13.0 Å². The number of hydrogen-bond donors (Lipinski definition) is 3. The van der Waals surface area contributed by atoms with Crippen LogP contribution in [0.1, 0.15) is 25.3 Å². The lowest BCUT2D eigenvalue weighted by Gasteiger charge is -2.41. The van der Waals surface area contributed by atoms with Crippen molar-refractivity contribution in [1.82, 2.24) is 10.2 Å². The molecule has 3 heterocycles. The monoisotopic (exact) mass is 419 g/mol. The predicted molar refractivity (Wildman–Crippen MR) is 113 cm³/mol. The number of rotatable bonds is 4. The molecule has 1 aromatic rings. The van der Waals surface area contributed by atoms with Crippen LogP contribution in [0, 0.1) is 5.92 Å². The molecule has 1 amide bonds. The number of hydrogen-bond acceptors (Lipinski definition) is 6. The molecule has 1 aromatic carbocycles. The number of carbonyl (C=O) groups is 1. The second-order valence-corrected chi connectivity index (χ2v) is 9.02. The van der Waals surface area contributed by atoms with Crippen LogP contribution in [-0.4, -0.2) is 75.6 Å². The Bertz CT molecular complexity index is 739. The smallest absolute Gasteiger partial charge is 0.254 e. The minimum absolute atomic E-state index is 0.227. The topological polar surface area (TPSA) is 94.4 Å². The van der Waals surface area contributed by atoms with Gasteiger partial charge in [-0.15, -0.1) is 0 Å². The van der Waals surface area contributed by atoms with Gasteiger partial charge in [0.1, 0.15) is 17.6 Å². The zero-order chi connectivity index (χ0) is 20.4. The summed E-state index contributed by atoms with van der Waals surface area (Å²) >= 11 is 1.37. The third-order valence-electron chi connectivity index (χ3n) is 5.96. The lowest BCUT2D eigenvalue weighted by Crippen LogP contribution is -2.63. The molecule has 0 spiro atoms. The number of likely N-dealkylation sites (tertiary alicyclic amines) is 1. The van der Waals surface area contributed by atoms with Crippen LogP contribution in [0.3, 0.4) is 0 Å². The SMILES string of the molecule is CCN=C1NC2C(OC(C(=O)N3CCC(Cc4ccccc4)CC3)C(O)C2O)S1. The van der Waals surface area contributed by atoms with Crippen molar-refractivity contribution in [3.05, 3.63) is 35.9 Å². The molecule has 5 unspecified atom stereocenters. The molecule has 0 radical (unpaired) electrons. The summed E-state index contributed by atoms with van der Waals surface area (Å²) in [6.45, 7) is 3.85. The fraction of sp³-hybridized carbons (Fsp3) is 0.619. The van der Waals surface area contributed by atoms with E-state index in [0.717, 1.165) is 19.3 Å². The van der Waals surface area contributed by atoms with E-state index in [9.17, 15) is 15.0 Å². The minimum atomic E-state index is -1.25. The molecule has 158 valence electrons. The lowest BCUT2D eigenvalue weighted by atomic mass is 9.89. The van der Waals surface area contributed by atoms with Crippen molar-refractivity contribution in [3.63, 3.8) is 0 Å². The fourth-order valence-electron chi connectivity index (χ4n) is 4.32. The number of amides is 1. The van der Waals surface area contributed by atoms with Crippen molar-refractivity contribution in [1.29, 1.82) is 0 Å². The highest BCUT2D eigenvalue weighted by molar-refractivity contribution is 8.14. The Balaban J connectivity index is 1.34. The summed E-state index contributed by atoms with van der Waals surface area (Å²) in [7, 11) is 0. The van der Waals surface area contributed by atoms with Crippen molar-refractivity contribution < 1.29 is 19.7 Å². The highest BCUT2D eigenvalue weighted by Gasteiger charge is 2.52. The van der Waals surface area contributed by atoms with E-state index >= 15 is 0 Å². The van der Waals surface area contributed by atoms with Gasteiger partial charge in [0, 0.05) is 19.6 Å². The van der Waals surface area contributed by atoms with E-state index in [2.05, 4.69) is 34.6 Å². The molecule has 3 N–H and O–H groups in total. The Hall–Kier alpha value is -1.61. The van der Waals surface area contributed by atoms with Crippen LogP contribution in [0.2, 0.25) is 0 Å². The van der Waals surface area contributed by atoms with E-state index < -0.39 is 29.8 Å². The Kier molecular flexibility index (Phi) is 6.44. The van der Waals surface area contributed by atoms with E-state index in [1.54, 1.807) is 4.90 Å². The number of benzene rings is 1. The summed E-state index contributed by atoms with van der Waals surface area (Å²) in [6.07, 6.45) is -0.471. The second-order valence-electron chi connectivity index (χ2n) is 7.93. The van der Waals surface area contributed by atoms with Crippen molar-refractivity contribution >= 4 is 22.8 Å². The summed E-state index contributed by atoms with van der Waals surface area (Å²) in [5.41, 5.74) is 0.899. The maximum absolute atomic E-state index is 13.0. The number of thioether (sulfide) groups is 1. The van der Waals surface area contributed by atoms with Gasteiger partial charge >= 0.3 is 0 Å². The van der Waals surface area contributed by atoms with Crippen LogP contribution >= 0.6 is 11.8 Å². The Morgan fingerprint density at radius 3 is 2.66 bits per heavy atom. The van der Waals surface area contributed by atoms with Gasteiger partial charge in [0.15, 0.2) is 11.3 Å². The molecule has 7 nitrogen and oxygen atoms in total. The van der Waals surface area contributed by atoms with Crippen molar-refractivity contribution in [3.8, 4) is 0 Å². The highest BCUT2D eigenvalue weighted by Crippen LogP contribution is 2.35. The molecule has 0 saturated carbocycles. The maximum atomic E-state index is 13.0. The summed E-state index contributed by atoms with van der Waals surface area (Å²) in [4.78, 5) is 19.1. The van der Waals surface area contributed by atoms with Crippen molar-refractivity contribution in [2.75, 3.05) is 19.6 Å². The molecule has 5 atom stereocenters. The number of nitrogens with zero attached hydrogens (tertiary/aromatic N) is 2. The number of aliphatic hydroxyl groups is 2. The quantitative estimate of drug-likeness (QED) is 0.674. The zero-order valence-electron chi connectivity index (χ0n) is 16.6. The van der Waals surface area contributed by atoms with Crippen LogP contribution < -0.4 is 5.32 Å². The summed E-state index contributed by atoms with van der Waals surface area (Å²) in [6, 6.07) is 9.97. The molecule has 3 aliphatic heterocycles. The molecular formula is C21H29N3O4S. The number of aliphatic hydroxyl groups excluding tert-OH is 2. The Morgan fingerprint density at radius 1 is 1.24 bits per heavy atom. The standard InChI is InChI=1S/C21H29N3O4S/c1-2-22-21-23-15-16(25)17(26)18(28-20(15)29-21)19(27)24-10-8-14(9-11-24)12-13-6-4-3-5-7-13/h3-7,14-18,20,25-26H,2,8-12H2,1H3,(H,22,23). The molecule has 3 aliphatic rings. The first-order valence-electron chi connectivity index (χ1n) is 10.4. The number of aliphatic imine (C=N–C) groups is 1. The van der Waals surface area contributed by atoms with E-state index in [0.29, 0.717) is 30.7 Å². The van der Waals surface area contributed by atoms with Crippen LogP contribution in [-0.2, 0) is 16.0 Å². The molecule has 29 heavy (non-hydrogen) atoms. The van der Waals surface area contributed by atoms with Gasteiger partial charge in [-0.2, -0.15) is 0 Å². The molecule has 0 aliphatic carbocycles. The average Bonchev–Trinajstić information content (AvgIpc) is 3.15. The number of piperidine rings is 1. The first kappa shape index (κ1) is 20.7. The van der Waals surface area contributed by atoms with E-state index in [1.165, 1.54) is 17.3 Å². The Morgan fingerprint density at radius 2 is 1.97 bits per heavy atom. The van der Waals surface area contributed by atoms with Crippen LogP contribution in [0.5, 0.6) is 0 Å². The number of carbonyl (C=O) groups excluding carboxylic acids is 1. The highest BCUT2D eigenvalue weighted by atomic mass is 32.2. The van der Waals surface area contributed by atoms with Crippen molar-refractivity contribution in [2.45, 2.75) is 56.0 Å². The Labute approximate surface area is 175 Å². The zero-order valence-corrected chi connectivity index (χ0v) is 17.4. The number of nitrogens with one attached hydrogen (secondary N) is 1. The van der Waals surface area contributed by atoms with Gasteiger partial charge in [-0.25, -0.2) is 0 Å².